The number of esters is 1. The Labute approximate surface area is 75.3 Å². The summed E-state index contributed by atoms with van der Waals surface area (Å²) in [7, 11) is 0. The molecule has 0 aliphatic carbocycles. The minimum Gasteiger partial charge on any atom is -0.465 e. The third kappa shape index (κ3) is 5.16. The summed E-state index contributed by atoms with van der Waals surface area (Å²) >= 11 is 0. The molecule has 0 aromatic rings. The lowest BCUT2D eigenvalue weighted by Crippen LogP contribution is -2.12. The van der Waals surface area contributed by atoms with E-state index >= 15 is 0 Å². The van der Waals surface area contributed by atoms with Gasteiger partial charge in [0.1, 0.15) is 0 Å². The van der Waals surface area contributed by atoms with Gasteiger partial charge in [-0.3, -0.25) is 4.79 Å². The summed E-state index contributed by atoms with van der Waals surface area (Å²) in [5, 5.41) is 0. The van der Waals surface area contributed by atoms with Crippen molar-refractivity contribution in [2.75, 3.05) is 6.61 Å². The molecule has 0 saturated carbocycles. The molecule has 12 heavy (non-hydrogen) atoms. The highest BCUT2D eigenvalue weighted by Crippen LogP contribution is 2.08. The molecule has 0 amide bonds. The Morgan fingerprint density at radius 1 is 1.25 bits per heavy atom. The van der Waals surface area contributed by atoms with E-state index in [4.69, 9.17) is 4.74 Å². The maximum atomic E-state index is 11.0. The van der Waals surface area contributed by atoms with Crippen LogP contribution in [0.1, 0.15) is 46.5 Å². The second-order valence-corrected chi connectivity index (χ2v) is 3.12. The summed E-state index contributed by atoms with van der Waals surface area (Å²) in [6.07, 6.45) is 3.62. The van der Waals surface area contributed by atoms with Crippen LogP contribution in [0, 0.1) is 5.92 Å². The van der Waals surface area contributed by atoms with Gasteiger partial charge < -0.3 is 4.74 Å². The van der Waals surface area contributed by atoms with Crippen LogP contribution >= 0.6 is 0 Å². The fraction of sp³-hybridized carbons (Fsp3) is 0.900. The second kappa shape index (κ2) is 7.14. The summed E-state index contributed by atoms with van der Waals surface area (Å²) in [5.41, 5.74) is 0. The van der Waals surface area contributed by atoms with Gasteiger partial charge in [-0.2, -0.15) is 0 Å². The van der Waals surface area contributed by atoms with Gasteiger partial charge in [-0.25, -0.2) is 0 Å². The zero-order valence-corrected chi connectivity index (χ0v) is 8.43. The summed E-state index contributed by atoms with van der Waals surface area (Å²) in [6, 6.07) is 0. The summed E-state index contributed by atoms with van der Waals surface area (Å²) in [5.74, 6) is 0.496. The quantitative estimate of drug-likeness (QED) is 0.576. The van der Waals surface area contributed by atoms with E-state index in [0.29, 0.717) is 18.9 Å². The standard InChI is InChI=1S/C10H20O2/c1-4-7-10(11)12-8-9(5-2)6-3/h9H,4-8H2,1-3H3. The first-order chi connectivity index (χ1) is 5.74. The van der Waals surface area contributed by atoms with Gasteiger partial charge in [0.05, 0.1) is 6.61 Å². The Kier molecular flexibility index (Phi) is 6.82. The Balaban J connectivity index is 3.44. The van der Waals surface area contributed by atoms with Crippen molar-refractivity contribution in [3.63, 3.8) is 0 Å². The maximum absolute atomic E-state index is 11.0. The van der Waals surface area contributed by atoms with Crippen molar-refractivity contribution in [1.82, 2.24) is 0 Å². The molecule has 0 unspecified atom stereocenters. The van der Waals surface area contributed by atoms with Crippen LogP contribution in [-0.4, -0.2) is 12.6 Å². The smallest absolute Gasteiger partial charge is 0.305 e. The van der Waals surface area contributed by atoms with Crippen LogP contribution in [-0.2, 0) is 9.53 Å². The Hall–Kier alpha value is -0.530. The van der Waals surface area contributed by atoms with Crippen LogP contribution in [0.3, 0.4) is 0 Å². The Morgan fingerprint density at radius 2 is 1.83 bits per heavy atom. The normalized spacial score (nSPS) is 10.3. The van der Waals surface area contributed by atoms with Crippen LogP contribution in [0.5, 0.6) is 0 Å². The fourth-order valence-electron chi connectivity index (χ4n) is 1.01. The summed E-state index contributed by atoms with van der Waals surface area (Å²) < 4.78 is 5.09. The van der Waals surface area contributed by atoms with Crippen LogP contribution in [0.2, 0.25) is 0 Å². The zero-order chi connectivity index (χ0) is 9.40. The average Bonchev–Trinajstić information content (AvgIpc) is 2.07. The molecule has 0 aromatic heterocycles. The van der Waals surface area contributed by atoms with Crippen LogP contribution in [0.4, 0.5) is 0 Å². The molecule has 0 spiro atoms. The van der Waals surface area contributed by atoms with E-state index in [1.807, 2.05) is 6.92 Å². The number of hydrogen-bond acceptors (Lipinski definition) is 2. The van der Waals surface area contributed by atoms with Crippen LogP contribution in [0.15, 0.2) is 0 Å². The van der Waals surface area contributed by atoms with Gasteiger partial charge in [-0.1, -0.05) is 33.6 Å². The van der Waals surface area contributed by atoms with Crippen molar-refractivity contribution in [2.45, 2.75) is 46.5 Å². The largest absolute Gasteiger partial charge is 0.465 e. The predicted octanol–water partition coefficient (Wildman–Crippen LogP) is 2.77. The van der Waals surface area contributed by atoms with Gasteiger partial charge in [0.25, 0.3) is 0 Å². The van der Waals surface area contributed by atoms with Crippen molar-refractivity contribution in [1.29, 1.82) is 0 Å². The lowest BCUT2D eigenvalue weighted by atomic mass is 10.1. The SMILES string of the molecule is CCCC(=O)OCC(CC)CC. The van der Waals surface area contributed by atoms with E-state index in [1.54, 1.807) is 0 Å². The molecule has 0 aromatic carbocycles. The van der Waals surface area contributed by atoms with E-state index in [0.717, 1.165) is 19.3 Å². The lowest BCUT2D eigenvalue weighted by Gasteiger charge is -2.11. The molecule has 0 aliphatic rings. The first-order valence-corrected chi connectivity index (χ1v) is 4.90. The molecule has 0 fully saturated rings. The fourth-order valence-corrected chi connectivity index (χ4v) is 1.01. The molecule has 0 radical (unpaired) electrons. The van der Waals surface area contributed by atoms with E-state index in [9.17, 15) is 4.79 Å². The van der Waals surface area contributed by atoms with Crippen molar-refractivity contribution in [3.8, 4) is 0 Å². The molecule has 0 rings (SSSR count). The van der Waals surface area contributed by atoms with Gasteiger partial charge in [-0.05, 0) is 12.3 Å². The lowest BCUT2D eigenvalue weighted by molar-refractivity contribution is -0.145. The third-order valence-corrected chi connectivity index (χ3v) is 2.09. The van der Waals surface area contributed by atoms with Gasteiger partial charge >= 0.3 is 5.97 Å². The average molecular weight is 172 g/mol. The summed E-state index contributed by atoms with van der Waals surface area (Å²) in [4.78, 5) is 11.0. The number of hydrogen-bond donors (Lipinski definition) is 0. The first kappa shape index (κ1) is 11.5. The third-order valence-electron chi connectivity index (χ3n) is 2.09. The number of ether oxygens (including phenoxy) is 1. The molecule has 0 saturated heterocycles. The van der Waals surface area contributed by atoms with Gasteiger partial charge in [0.2, 0.25) is 0 Å². The second-order valence-electron chi connectivity index (χ2n) is 3.12. The number of carbonyl (C=O) groups is 1. The number of rotatable bonds is 6. The topological polar surface area (TPSA) is 26.3 Å². The highest BCUT2D eigenvalue weighted by molar-refractivity contribution is 5.69. The monoisotopic (exact) mass is 172 g/mol. The predicted molar refractivity (Wildman–Crippen MR) is 49.9 cm³/mol. The van der Waals surface area contributed by atoms with Gasteiger partial charge in [0, 0.05) is 6.42 Å². The van der Waals surface area contributed by atoms with Gasteiger partial charge in [0.15, 0.2) is 0 Å². The van der Waals surface area contributed by atoms with E-state index in [1.165, 1.54) is 0 Å². The first-order valence-electron chi connectivity index (χ1n) is 4.90. The molecule has 72 valence electrons. The van der Waals surface area contributed by atoms with Crippen molar-refractivity contribution < 1.29 is 9.53 Å². The van der Waals surface area contributed by atoms with Gasteiger partial charge in [-0.15, -0.1) is 0 Å². The minimum absolute atomic E-state index is 0.0515. The molecule has 0 heterocycles. The molecule has 0 N–H and O–H groups in total. The van der Waals surface area contributed by atoms with Crippen LogP contribution < -0.4 is 0 Å². The number of carbonyl (C=O) groups excluding carboxylic acids is 1. The van der Waals surface area contributed by atoms with Crippen molar-refractivity contribution in [3.05, 3.63) is 0 Å². The molecular formula is C10H20O2. The molecule has 2 heteroatoms. The van der Waals surface area contributed by atoms with E-state index < -0.39 is 0 Å². The molecule has 0 bridgehead atoms. The molecule has 0 atom stereocenters. The maximum Gasteiger partial charge on any atom is 0.305 e. The van der Waals surface area contributed by atoms with Crippen molar-refractivity contribution >= 4 is 5.97 Å². The minimum atomic E-state index is -0.0515. The Morgan fingerprint density at radius 3 is 2.25 bits per heavy atom. The molecule has 2 nitrogen and oxygen atoms in total. The summed E-state index contributed by atoms with van der Waals surface area (Å²) in [6.45, 7) is 6.84. The van der Waals surface area contributed by atoms with E-state index in [2.05, 4.69) is 13.8 Å². The van der Waals surface area contributed by atoms with Crippen molar-refractivity contribution in [2.24, 2.45) is 5.92 Å². The zero-order valence-electron chi connectivity index (χ0n) is 8.43. The van der Waals surface area contributed by atoms with Crippen LogP contribution in [0.25, 0.3) is 0 Å². The highest BCUT2D eigenvalue weighted by atomic mass is 16.5. The Bertz CT molecular complexity index is 117. The molecular weight excluding hydrogens is 152 g/mol. The molecule has 0 aliphatic heterocycles. The van der Waals surface area contributed by atoms with E-state index in [-0.39, 0.29) is 5.97 Å². The highest BCUT2D eigenvalue weighted by Gasteiger charge is 2.06.